The van der Waals surface area contributed by atoms with Crippen molar-refractivity contribution in [2.24, 2.45) is 11.3 Å². The number of ether oxygens (including phenoxy) is 2. The van der Waals surface area contributed by atoms with E-state index in [2.05, 4.69) is 74.6 Å². The van der Waals surface area contributed by atoms with Crippen LogP contribution < -0.4 is 5.32 Å². The Bertz CT molecular complexity index is 2400. The zero-order chi connectivity index (χ0) is 47.5. The molecule has 0 bridgehead atoms. The van der Waals surface area contributed by atoms with E-state index in [0.717, 1.165) is 53.5 Å². The van der Waals surface area contributed by atoms with Crippen LogP contribution in [0.2, 0.25) is 5.02 Å². The third-order valence-electron chi connectivity index (χ3n) is 15.2. The third-order valence-corrected chi connectivity index (χ3v) is 15.5. The Morgan fingerprint density at radius 2 is 1.15 bits per heavy atom. The molecule has 1 unspecified atom stereocenters. The molecular weight excluding hydrogens is 864 g/mol. The zero-order valence-electron chi connectivity index (χ0n) is 40.5. The first-order valence-electron chi connectivity index (χ1n) is 25.6. The summed E-state index contributed by atoms with van der Waals surface area (Å²) in [6.07, 6.45) is 15.7. The molecule has 1 aliphatic heterocycles. The van der Waals surface area contributed by atoms with Crippen molar-refractivity contribution in [2.45, 2.75) is 141 Å². The largest absolute Gasteiger partial charge is 0.449 e. The highest BCUT2D eigenvalue weighted by atomic mass is 35.5. The summed E-state index contributed by atoms with van der Waals surface area (Å²) in [7, 11) is 0. The molecule has 0 radical (unpaired) electrons. The molecule has 68 heavy (non-hydrogen) atoms. The molecule has 2 aliphatic carbocycles. The summed E-state index contributed by atoms with van der Waals surface area (Å²) in [6.45, 7) is 7.84. The molecule has 5 aromatic rings. The van der Waals surface area contributed by atoms with Gasteiger partial charge in [0.05, 0.1) is 6.42 Å². The molecule has 2 amide bonds. The van der Waals surface area contributed by atoms with Crippen molar-refractivity contribution in [3.05, 3.63) is 166 Å². The number of rotatable bonds is 11. The van der Waals surface area contributed by atoms with E-state index in [9.17, 15) is 14.4 Å². The van der Waals surface area contributed by atoms with Gasteiger partial charge in [0.2, 0.25) is 5.91 Å². The van der Waals surface area contributed by atoms with Crippen LogP contribution in [0, 0.1) is 11.3 Å². The van der Waals surface area contributed by atoms with Crippen molar-refractivity contribution >= 4 is 29.6 Å². The van der Waals surface area contributed by atoms with Gasteiger partial charge in [-0.05, 0) is 76.8 Å². The van der Waals surface area contributed by atoms with Crippen molar-refractivity contribution < 1.29 is 23.9 Å². The average Bonchev–Trinajstić information content (AvgIpc) is 3.68. The zero-order valence-corrected chi connectivity index (χ0v) is 41.3. The van der Waals surface area contributed by atoms with Gasteiger partial charge in [0.1, 0.15) is 12.6 Å². The molecule has 1 N–H and O–H groups in total. The number of esters is 1. The molecule has 8 heteroatoms. The van der Waals surface area contributed by atoms with Gasteiger partial charge in [-0.1, -0.05) is 218 Å². The topological polar surface area (TPSA) is 84.9 Å². The summed E-state index contributed by atoms with van der Waals surface area (Å²) >= 11 is 7.14. The van der Waals surface area contributed by atoms with Gasteiger partial charge in [0.15, 0.2) is 5.60 Å². The number of halogens is 1. The van der Waals surface area contributed by atoms with Crippen LogP contribution >= 0.6 is 11.6 Å². The fraction of sp³-hybridized carbons (Fsp3) is 0.450. The van der Waals surface area contributed by atoms with Gasteiger partial charge in [-0.25, -0.2) is 4.79 Å². The fourth-order valence-electron chi connectivity index (χ4n) is 11.3. The van der Waals surface area contributed by atoms with Crippen molar-refractivity contribution in [1.82, 2.24) is 10.2 Å². The van der Waals surface area contributed by atoms with E-state index in [-0.39, 0.29) is 23.8 Å². The highest BCUT2D eigenvalue weighted by Crippen LogP contribution is 2.46. The first kappa shape index (κ1) is 49.0. The molecule has 0 spiro atoms. The van der Waals surface area contributed by atoms with E-state index in [1.54, 1.807) is 4.90 Å². The molecule has 3 aliphatic rings. The van der Waals surface area contributed by atoms with Crippen molar-refractivity contribution in [3.8, 4) is 11.1 Å². The summed E-state index contributed by atoms with van der Waals surface area (Å²) in [5, 5.41) is 3.31. The number of nitrogens with zero attached hydrogens (tertiary/aromatic N) is 1. The number of nitrogens with one attached hydrogen (secondary N) is 1. The maximum absolute atomic E-state index is 15.0. The van der Waals surface area contributed by atoms with Crippen molar-refractivity contribution in [1.29, 1.82) is 0 Å². The van der Waals surface area contributed by atoms with Gasteiger partial charge in [-0.2, -0.15) is 0 Å². The van der Waals surface area contributed by atoms with E-state index in [1.165, 1.54) is 69.8 Å². The van der Waals surface area contributed by atoms with Crippen LogP contribution in [0.25, 0.3) is 11.1 Å². The van der Waals surface area contributed by atoms with Gasteiger partial charge < -0.3 is 19.7 Å². The van der Waals surface area contributed by atoms with Crippen molar-refractivity contribution in [2.75, 3.05) is 19.7 Å². The Morgan fingerprint density at radius 3 is 1.72 bits per heavy atom. The van der Waals surface area contributed by atoms with Crippen LogP contribution in [-0.2, 0) is 24.7 Å². The molecule has 2 atom stereocenters. The Morgan fingerprint density at radius 1 is 0.632 bits per heavy atom. The first-order valence-corrected chi connectivity index (χ1v) is 25.9. The minimum atomic E-state index is -1.48. The minimum Gasteiger partial charge on any atom is -0.449 e. The highest BCUT2D eigenvalue weighted by Gasteiger charge is 2.44. The lowest BCUT2D eigenvalue weighted by molar-refractivity contribution is -0.156. The van der Waals surface area contributed by atoms with E-state index >= 15 is 0 Å². The molecular formula is C60H71ClN2O5. The molecule has 358 valence electrons. The van der Waals surface area contributed by atoms with Crippen LogP contribution in [0.4, 0.5) is 4.79 Å². The van der Waals surface area contributed by atoms with Crippen LogP contribution in [0.15, 0.2) is 127 Å². The van der Waals surface area contributed by atoms with E-state index in [0.29, 0.717) is 41.1 Å². The quantitative estimate of drug-likeness (QED) is 0.105. The number of benzene rings is 5. The van der Waals surface area contributed by atoms with E-state index in [1.807, 2.05) is 78.9 Å². The molecule has 7 nitrogen and oxygen atoms in total. The summed E-state index contributed by atoms with van der Waals surface area (Å²) in [5.41, 5.74) is 6.38. The molecule has 1 heterocycles. The normalized spacial score (nSPS) is 18.1. The average molecular weight is 936 g/mol. The molecule has 1 saturated heterocycles. The molecule has 1 saturated carbocycles. The molecule has 2 fully saturated rings. The second-order valence-corrected chi connectivity index (χ2v) is 21.0. The SMILES string of the molecule is CC(C)(C)C1CCN(C(=O)[C@H](CC(=O)OC(c2ccccc2)(c2ccc(C3CCCCCCCCCCCC3)cc2)c2ccccc2Cl)NC(=O)OCC2c3ccccc3-c3ccccc32)CC1. The highest BCUT2D eigenvalue weighted by molar-refractivity contribution is 6.31. The van der Waals surface area contributed by atoms with E-state index < -0.39 is 30.1 Å². The number of alkyl carbamates (subject to hydrolysis) is 1. The Hall–Kier alpha value is -5.40. The third kappa shape index (κ3) is 11.5. The second kappa shape index (κ2) is 22.8. The number of hydrogen-bond donors (Lipinski definition) is 1. The van der Waals surface area contributed by atoms with Gasteiger partial charge in [0.25, 0.3) is 0 Å². The fourth-order valence-corrected chi connectivity index (χ4v) is 11.6. The monoisotopic (exact) mass is 935 g/mol. The predicted molar refractivity (Wildman–Crippen MR) is 274 cm³/mol. The summed E-state index contributed by atoms with van der Waals surface area (Å²) < 4.78 is 12.9. The number of likely N-dealkylation sites (tertiary alicyclic amines) is 1. The van der Waals surface area contributed by atoms with Crippen LogP contribution in [-0.4, -0.2) is 48.6 Å². The molecule has 8 rings (SSSR count). The second-order valence-electron chi connectivity index (χ2n) is 20.6. The smallest absolute Gasteiger partial charge is 0.407 e. The summed E-state index contributed by atoms with van der Waals surface area (Å²) in [5.74, 6) is -0.267. The maximum atomic E-state index is 15.0. The summed E-state index contributed by atoms with van der Waals surface area (Å²) in [4.78, 5) is 45.5. The maximum Gasteiger partial charge on any atom is 0.407 e. The predicted octanol–water partition coefficient (Wildman–Crippen LogP) is 14.5. The van der Waals surface area contributed by atoms with Crippen LogP contribution in [0.5, 0.6) is 0 Å². The lowest BCUT2D eigenvalue weighted by atomic mass is 9.75. The lowest BCUT2D eigenvalue weighted by Crippen LogP contribution is -2.52. The van der Waals surface area contributed by atoms with Gasteiger partial charge in [-0.15, -0.1) is 0 Å². The Kier molecular flexibility index (Phi) is 16.4. The van der Waals surface area contributed by atoms with Crippen LogP contribution in [0.1, 0.15) is 162 Å². The number of piperidine rings is 1. The number of fused-ring (bicyclic) bond motifs is 3. The van der Waals surface area contributed by atoms with Gasteiger partial charge in [-0.3, -0.25) is 9.59 Å². The van der Waals surface area contributed by atoms with Crippen molar-refractivity contribution in [3.63, 3.8) is 0 Å². The molecule has 5 aromatic carbocycles. The first-order chi connectivity index (χ1) is 33.0. The number of carbonyl (C=O) groups is 3. The minimum absolute atomic E-state index is 0.0721. The number of carbonyl (C=O) groups excluding carboxylic acids is 3. The molecule has 0 aromatic heterocycles. The van der Waals surface area contributed by atoms with Gasteiger partial charge in [0, 0.05) is 40.7 Å². The van der Waals surface area contributed by atoms with Crippen LogP contribution in [0.3, 0.4) is 0 Å². The Balaban J connectivity index is 1.08. The Labute approximate surface area is 410 Å². The number of hydrogen-bond acceptors (Lipinski definition) is 5. The standard InChI is InChI=1S/C60H71ClN2O5/c1-59(2,3)45-37-39-63(40-38-45)57(65)55(62-58(66)67-42-52-50-29-19-17-27-48(50)49-28-18-20-30-51(49)52)41-56(64)68-60(46-25-15-12-16-26-46,53-31-21-22-32-54(53)61)47-35-33-44(34-36-47)43-23-13-10-8-6-4-5-7-9-11-14-24-43/h12,15-22,25-36,43,45,52,55H,4-11,13-14,23-24,37-42H2,1-3H3,(H,62,66)/t55-,60?/m0/s1. The summed E-state index contributed by atoms with van der Waals surface area (Å²) in [6, 6.07) is 40.9. The number of amides is 2. The van der Waals surface area contributed by atoms with E-state index in [4.69, 9.17) is 21.1 Å². The lowest BCUT2D eigenvalue weighted by Gasteiger charge is -2.40. The van der Waals surface area contributed by atoms with Gasteiger partial charge >= 0.3 is 12.1 Å².